The number of esters is 1. The van der Waals surface area contributed by atoms with Crippen molar-refractivity contribution < 1.29 is 9.53 Å². The molecule has 0 radical (unpaired) electrons. The lowest BCUT2D eigenvalue weighted by Gasteiger charge is -2.16. The Morgan fingerprint density at radius 3 is 2.57 bits per heavy atom. The number of hydrogen-bond donors (Lipinski definition) is 0. The summed E-state index contributed by atoms with van der Waals surface area (Å²) in [6.07, 6.45) is 1.67. The monoisotopic (exact) mass is 193 g/mol. The Kier molecular flexibility index (Phi) is 2.89. The molecule has 0 amide bonds. The molecule has 0 aromatic carbocycles. The second-order valence-electron chi connectivity index (χ2n) is 4.23. The maximum absolute atomic E-state index is 11.5. The van der Waals surface area contributed by atoms with Gasteiger partial charge >= 0.3 is 5.97 Å². The highest BCUT2D eigenvalue weighted by Gasteiger charge is 2.24. The molecule has 1 rings (SSSR count). The molecule has 1 heterocycles. The van der Waals surface area contributed by atoms with Gasteiger partial charge in [-0.2, -0.15) is 0 Å². The number of carbonyl (C=O) groups is 1. The number of rotatable bonds is 1. The predicted octanol–water partition coefficient (Wildman–Crippen LogP) is 2.34. The molecule has 0 saturated heterocycles. The number of pyridine rings is 1. The van der Waals surface area contributed by atoms with Crippen molar-refractivity contribution in [3.8, 4) is 5.75 Å². The van der Waals surface area contributed by atoms with Crippen molar-refractivity contribution in [1.82, 2.24) is 4.98 Å². The second-order valence-corrected chi connectivity index (χ2v) is 4.23. The quantitative estimate of drug-likeness (QED) is 0.642. The van der Waals surface area contributed by atoms with Crippen molar-refractivity contribution in [2.45, 2.75) is 27.7 Å². The third-order valence-corrected chi connectivity index (χ3v) is 1.77. The summed E-state index contributed by atoms with van der Waals surface area (Å²) in [5.74, 6) is 0.293. The molecule has 76 valence electrons. The van der Waals surface area contributed by atoms with Crippen LogP contribution in [-0.2, 0) is 4.79 Å². The lowest BCUT2D eigenvalue weighted by atomic mass is 9.97. The third kappa shape index (κ3) is 2.55. The van der Waals surface area contributed by atoms with Crippen molar-refractivity contribution >= 4 is 5.97 Å². The summed E-state index contributed by atoms with van der Waals surface area (Å²) in [6.45, 7) is 7.27. The number of aryl methyl sites for hydroxylation is 1. The molecule has 14 heavy (non-hydrogen) atoms. The molecule has 1 aromatic rings. The van der Waals surface area contributed by atoms with Gasteiger partial charge in [0.25, 0.3) is 0 Å². The molecular formula is C11H15NO2. The average Bonchev–Trinajstić information content (AvgIpc) is 2.07. The molecule has 0 atom stereocenters. The van der Waals surface area contributed by atoms with E-state index in [1.54, 1.807) is 18.3 Å². The van der Waals surface area contributed by atoms with Crippen LogP contribution in [0.4, 0.5) is 0 Å². The van der Waals surface area contributed by atoms with Crippen molar-refractivity contribution in [1.29, 1.82) is 0 Å². The Labute approximate surface area is 84.1 Å². The molecule has 0 unspecified atom stereocenters. The van der Waals surface area contributed by atoms with Crippen LogP contribution in [0.3, 0.4) is 0 Å². The largest absolute Gasteiger partial charge is 0.424 e. The minimum absolute atomic E-state index is 0.242. The van der Waals surface area contributed by atoms with E-state index in [-0.39, 0.29) is 5.97 Å². The van der Waals surface area contributed by atoms with E-state index in [0.29, 0.717) is 5.75 Å². The normalized spacial score (nSPS) is 11.1. The molecule has 1 aromatic heterocycles. The smallest absolute Gasteiger partial charge is 0.316 e. The molecular weight excluding hydrogens is 178 g/mol. The molecule has 3 heteroatoms. The average molecular weight is 193 g/mol. The molecule has 0 spiro atoms. The number of carbonyl (C=O) groups excluding carboxylic acids is 1. The highest BCUT2D eigenvalue weighted by Crippen LogP contribution is 2.20. The van der Waals surface area contributed by atoms with Crippen LogP contribution in [0.25, 0.3) is 0 Å². The fraction of sp³-hybridized carbons (Fsp3) is 0.455. The predicted molar refractivity (Wildman–Crippen MR) is 54.1 cm³/mol. The molecule has 0 saturated carbocycles. The van der Waals surface area contributed by atoms with Crippen LogP contribution in [-0.4, -0.2) is 11.0 Å². The van der Waals surface area contributed by atoms with Crippen molar-refractivity contribution in [3.63, 3.8) is 0 Å². The van der Waals surface area contributed by atoms with E-state index >= 15 is 0 Å². The first-order valence-electron chi connectivity index (χ1n) is 4.55. The van der Waals surface area contributed by atoms with Crippen LogP contribution in [0.1, 0.15) is 26.5 Å². The van der Waals surface area contributed by atoms with E-state index in [1.165, 1.54) is 0 Å². The maximum Gasteiger partial charge on any atom is 0.316 e. The highest BCUT2D eigenvalue weighted by atomic mass is 16.5. The van der Waals surface area contributed by atoms with Gasteiger partial charge in [0.2, 0.25) is 0 Å². The fourth-order valence-electron chi connectivity index (χ4n) is 0.830. The highest BCUT2D eigenvalue weighted by molar-refractivity contribution is 5.77. The van der Waals surface area contributed by atoms with Gasteiger partial charge in [0.15, 0.2) is 5.75 Å². The van der Waals surface area contributed by atoms with E-state index in [4.69, 9.17) is 4.74 Å². The molecule has 0 N–H and O–H groups in total. The van der Waals surface area contributed by atoms with Crippen LogP contribution < -0.4 is 4.74 Å². The number of ether oxygens (including phenoxy) is 1. The molecule has 0 aliphatic heterocycles. The maximum atomic E-state index is 11.5. The van der Waals surface area contributed by atoms with Gasteiger partial charge in [-0.15, -0.1) is 0 Å². The van der Waals surface area contributed by atoms with E-state index in [0.717, 1.165) is 5.69 Å². The summed E-state index contributed by atoms with van der Waals surface area (Å²) >= 11 is 0. The van der Waals surface area contributed by atoms with Crippen molar-refractivity contribution in [2.24, 2.45) is 5.41 Å². The summed E-state index contributed by atoms with van der Waals surface area (Å²) in [5, 5.41) is 0. The Balaban J connectivity index is 2.80. The lowest BCUT2D eigenvalue weighted by molar-refractivity contribution is -0.143. The zero-order valence-corrected chi connectivity index (χ0v) is 9.00. The molecule has 0 aliphatic carbocycles. The molecule has 0 fully saturated rings. The Bertz CT molecular complexity index is 339. The van der Waals surface area contributed by atoms with Crippen LogP contribution in [0, 0.1) is 12.3 Å². The van der Waals surface area contributed by atoms with Crippen LogP contribution in [0.2, 0.25) is 0 Å². The van der Waals surface area contributed by atoms with Gasteiger partial charge in [0.1, 0.15) is 0 Å². The van der Waals surface area contributed by atoms with Crippen LogP contribution in [0.15, 0.2) is 18.3 Å². The first-order chi connectivity index (χ1) is 6.41. The van der Waals surface area contributed by atoms with Gasteiger partial charge < -0.3 is 4.74 Å². The van der Waals surface area contributed by atoms with Crippen LogP contribution in [0.5, 0.6) is 5.75 Å². The van der Waals surface area contributed by atoms with Crippen molar-refractivity contribution in [2.75, 3.05) is 0 Å². The standard InChI is InChI=1S/C11H15NO2/c1-8-9(6-5-7-12-8)14-10(13)11(2,3)4/h5-7H,1-4H3. The fourth-order valence-corrected chi connectivity index (χ4v) is 0.830. The molecule has 0 aliphatic rings. The Morgan fingerprint density at radius 1 is 1.43 bits per heavy atom. The van der Waals surface area contributed by atoms with Gasteiger partial charge in [-0.3, -0.25) is 9.78 Å². The topological polar surface area (TPSA) is 39.2 Å². The molecule has 0 bridgehead atoms. The number of hydrogen-bond acceptors (Lipinski definition) is 3. The minimum Gasteiger partial charge on any atom is -0.424 e. The van der Waals surface area contributed by atoms with Gasteiger partial charge in [-0.1, -0.05) is 0 Å². The first kappa shape index (κ1) is 10.7. The first-order valence-corrected chi connectivity index (χ1v) is 4.55. The van der Waals surface area contributed by atoms with E-state index in [1.807, 2.05) is 27.7 Å². The zero-order valence-electron chi connectivity index (χ0n) is 9.00. The van der Waals surface area contributed by atoms with Gasteiger partial charge in [0.05, 0.1) is 11.1 Å². The Morgan fingerprint density at radius 2 is 2.07 bits per heavy atom. The van der Waals surface area contributed by atoms with Crippen molar-refractivity contribution in [3.05, 3.63) is 24.0 Å². The van der Waals surface area contributed by atoms with Gasteiger partial charge in [0, 0.05) is 6.20 Å². The van der Waals surface area contributed by atoms with E-state index in [9.17, 15) is 4.79 Å². The number of aromatic nitrogens is 1. The Hall–Kier alpha value is -1.38. The van der Waals surface area contributed by atoms with Gasteiger partial charge in [-0.25, -0.2) is 0 Å². The minimum atomic E-state index is -0.484. The zero-order chi connectivity index (χ0) is 10.8. The summed E-state index contributed by atoms with van der Waals surface area (Å²) in [6, 6.07) is 3.49. The van der Waals surface area contributed by atoms with Crippen LogP contribution >= 0.6 is 0 Å². The molecule has 3 nitrogen and oxygen atoms in total. The lowest BCUT2D eigenvalue weighted by Crippen LogP contribution is -2.25. The number of nitrogens with zero attached hydrogens (tertiary/aromatic N) is 1. The third-order valence-electron chi connectivity index (χ3n) is 1.77. The summed E-state index contributed by atoms with van der Waals surface area (Å²) < 4.78 is 5.21. The summed E-state index contributed by atoms with van der Waals surface area (Å²) in [4.78, 5) is 15.6. The van der Waals surface area contributed by atoms with Gasteiger partial charge in [-0.05, 0) is 39.8 Å². The SMILES string of the molecule is Cc1ncccc1OC(=O)C(C)(C)C. The second kappa shape index (κ2) is 3.78. The summed E-state index contributed by atoms with van der Waals surface area (Å²) in [5.41, 5.74) is 0.243. The summed E-state index contributed by atoms with van der Waals surface area (Å²) in [7, 11) is 0. The van der Waals surface area contributed by atoms with E-state index in [2.05, 4.69) is 4.98 Å². The van der Waals surface area contributed by atoms with E-state index < -0.39 is 5.41 Å².